The highest BCUT2D eigenvalue weighted by molar-refractivity contribution is 6.67. The Labute approximate surface area is 122 Å². The van der Waals surface area contributed by atoms with Gasteiger partial charge < -0.3 is 0 Å². The second-order valence-corrected chi connectivity index (χ2v) is 6.46. The van der Waals surface area contributed by atoms with Crippen molar-refractivity contribution in [1.29, 1.82) is 0 Å². The fourth-order valence-corrected chi connectivity index (χ4v) is 3.36. The van der Waals surface area contributed by atoms with E-state index in [0.29, 0.717) is 0 Å². The third-order valence-corrected chi connectivity index (χ3v) is 6.05. The highest BCUT2D eigenvalue weighted by Gasteiger charge is 2.59. The summed E-state index contributed by atoms with van der Waals surface area (Å²) in [4.78, 5) is 10.0. The van der Waals surface area contributed by atoms with Crippen molar-refractivity contribution in [3.05, 3.63) is 10.1 Å². The average Bonchev–Trinajstić information content (AvgIpc) is 2.22. The molecule has 0 aromatic carbocycles. The molecular formula is C7H3Cl7O. The third-order valence-electron chi connectivity index (χ3n) is 1.98. The first kappa shape index (κ1) is 14.5. The monoisotopic (exact) mass is 348 g/mol. The number of alkyl halides is 5. The quantitative estimate of drug-likeness (QED) is 0.646. The summed E-state index contributed by atoms with van der Waals surface area (Å²) in [5.74, 6) is -0.953. The second-order valence-electron chi connectivity index (χ2n) is 2.94. The molecule has 0 aromatic rings. The average molecular weight is 351 g/mol. The van der Waals surface area contributed by atoms with Gasteiger partial charge in [0.25, 0.3) is 0 Å². The van der Waals surface area contributed by atoms with Gasteiger partial charge in [0.15, 0.2) is 10.1 Å². The summed E-state index contributed by atoms with van der Waals surface area (Å²) in [5, 5.41) is -1.75. The predicted octanol–water partition coefficient (Wildman–Crippen LogP) is 4.26. The molecule has 0 heterocycles. The van der Waals surface area contributed by atoms with Crippen molar-refractivity contribution in [2.45, 2.75) is 14.6 Å². The molecule has 0 aliphatic heterocycles. The number of carbonyl (C=O) groups excluding carboxylic acids is 1. The van der Waals surface area contributed by atoms with Crippen LogP contribution in [-0.4, -0.2) is 26.2 Å². The lowest BCUT2D eigenvalue weighted by Crippen LogP contribution is -2.55. The standard InChI is InChI=1S/C7H3Cl7O/c8-1-6(12)4(15)2(9)3(10)7(13,14)5(6)11/h5H,1H2/t5-,6+/m0/s1. The van der Waals surface area contributed by atoms with Crippen LogP contribution in [0.2, 0.25) is 0 Å². The number of hydrogen-bond acceptors (Lipinski definition) is 1. The van der Waals surface area contributed by atoms with Crippen LogP contribution in [-0.2, 0) is 4.79 Å². The maximum Gasteiger partial charge on any atom is 0.199 e. The van der Waals surface area contributed by atoms with Crippen molar-refractivity contribution in [2.75, 3.05) is 5.88 Å². The van der Waals surface area contributed by atoms with Gasteiger partial charge in [0.05, 0.1) is 16.3 Å². The van der Waals surface area contributed by atoms with Gasteiger partial charge in [-0.2, -0.15) is 0 Å². The fraction of sp³-hybridized carbons (Fsp3) is 0.571. The molecule has 0 amide bonds. The minimum atomic E-state index is -1.73. The molecule has 0 saturated carbocycles. The van der Waals surface area contributed by atoms with E-state index in [0.717, 1.165) is 0 Å². The predicted molar refractivity (Wildman–Crippen MR) is 67.1 cm³/mol. The van der Waals surface area contributed by atoms with Crippen LogP contribution in [0.3, 0.4) is 0 Å². The first-order valence-corrected chi connectivity index (χ1v) is 6.43. The molecule has 1 rings (SSSR count). The van der Waals surface area contributed by atoms with E-state index >= 15 is 0 Å². The Morgan fingerprint density at radius 1 is 1.20 bits per heavy atom. The van der Waals surface area contributed by atoms with Crippen LogP contribution in [0.25, 0.3) is 0 Å². The van der Waals surface area contributed by atoms with Gasteiger partial charge in [-0.05, 0) is 0 Å². The largest absolute Gasteiger partial charge is 0.291 e. The smallest absolute Gasteiger partial charge is 0.199 e. The SMILES string of the molecule is O=C1C(Cl)=C(Cl)C(Cl)(Cl)[C@@H](Cl)[C@@]1(Cl)CCl. The first-order valence-electron chi connectivity index (χ1n) is 3.57. The van der Waals surface area contributed by atoms with Gasteiger partial charge >= 0.3 is 0 Å². The molecular weight excluding hydrogens is 348 g/mol. The summed E-state index contributed by atoms with van der Waals surface area (Å²) in [6, 6.07) is 0. The maximum absolute atomic E-state index is 11.7. The molecule has 0 spiro atoms. The van der Waals surface area contributed by atoms with Crippen molar-refractivity contribution in [3.63, 3.8) is 0 Å². The van der Waals surface area contributed by atoms with Crippen LogP contribution in [0.1, 0.15) is 0 Å². The number of halogens is 7. The molecule has 0 fully saturated rings. The summed E-state index contributed by atoms with van der Waals surface area (Å²) in [6.45, 7) is 0. The van der Waals surface area contributed by atoms with Crippen LogP contribution in [0, 0.1) is 0 Å². The lowest BCUT2D eigenvalue weighted by molar-refractivity contribution is -0.117. The number of ketones is 1. The van der Waals surface area contributed by atoms with Crippen molar-refractivity contribution >= 4 is 87.0 Å². The summed E-state index contributed by atoms with van der Waals surface area (Å²) in [6.07, 6.45) is 0. The molecule has 2 atom stereocenters. The van der Waals surface area contributed by atoms with Gasteiger partial charge in [0.2, 0.25) is 0 Å². The molecule has 0 saturated heterocycles. The molecule has 0 N–H and O–H groups in total. The highest BCUT2D eigenvalue weighted by atomic mass is 35.5. The lowest BCUT2D eigenvalue weighted by atomic mass is 9.92. The zero-order valence-corrected chi connectivity index (χ0v) is 12.1. The van der Waals surface area contributed by atoms with Gasteiger partial charge in [-0.1, -0.05) is 46.4 Å². The Balaban J connectivity index is 3.40. The van der Waals surface area contributed by atoms with E-state index in [1.165, 1.54) is 0 Å². The van der Waals surface area contributed by atoms with Crippen LogP contribution < -0.4 is 0 Å². The third kappa shape index (κ3) is 2.10. The normalized spacial score (nSPS) is 35.9. The van der Waals surface area contributed by atoms with E-state index in [9.17, 15) is 4.79 Å². The van der Waals surface area contributed by atoms with Crippen LogP contribution in [0.5, 0.6) is 0 Å². The van der Waals surface area contributed by atoms with Crippen molar-refractivity contribution < 1.29 is 4.79 Å². The molecule has 15 heavy (non-hydrogen) atoms. The molecule has 0 aromatic heterocycles. The van der Waals surface area contributed by atoms with Crippen molar-refractivity contribution in [1.82, 2.24) is 0 Å². The van der Waals surface area contributed by atoms with Gasteiger partial charge in [-0.3, -0.25) is 4.79 Å². The van der Waals surface area contributed by atoms with Crippen LogP contribution in [0.15, 0.2) is 10.1 Å². The summed E-state index contributed by atoms with van der Waals surface area (Å²) in [7, 11) is 0. The van der Waals surface area contributed by atoms with Crippen molar-refractivity contribution in [3.8, 4) is 0 Å². The van der Waals surface area contributed by atoms with Gasteiger partial charge in [0.1, 0.15) is 9.91 Å². The molecule has 0 radical (unpaired) electrons. The van der Waals surface area contributed by atoms with E-state index < -0.39 is 20.4 Å². The molecule has 1 aliphatic carbocycles. The van der Waals surface area contributed by atoms with Gasteiger partial charge in [-0.25, -0.2) is 0 Å². The molecule has 0 bridgehead atoms. The second kappa shape index (κ2) is 4.61. The van der Waals surface area contributed by atoms with Crippen molar-refractivity contribution in [2.24, 2.45) is 0 Å². The van der Waals surface area contributed by atoms with Crippen LogP contribution in [0.4, 0.5) is 0 Å². The minimum Gasteiger partial charge on any atom is -0.291 e. The molecule has 1 nitrogen and oxygen atoms in total. The summed E-state index contributed by atoms with van der Waals surface area (Å²) in [5.41, 5.74) is 0. The van der Waals surface area contributed by atoms with Gasteiger partial charge in [-0.15, -0.1) is 34.8 Å². The Morgan fingerprint density at radius 2 is 1.67 bits per heavy atom. The molecule has 0 unspecified atom stereocenters. The number of rotatable bonds is 1. The van der Waals surface area contributed by atoms with E-state index in [1.807, 2.05) is 0 Å². The van der Waals surface area contributed by atoms with Crippen LogP contribution >= 0.6 is 81.2 Å². The number of allylic oxidation sites excluding steroid dienone is 2. The Hall–Kier alpha value is 1.44. The zero-order valence-electron chi connectivity index (χ0n) is 6.84. The first-order chi connectivity index (χ1) is 6.69. The van der Waals surface area contributed by atoms with E-state index in [1.54, 1.807) is 0 Å². The Kier molecular flexibility index (Phi) is 4.45. The zero-order chi connectivity index (χ0) is 12.0. The number of hydrogen-bond donors (Lipinski definition) is 0. The van der Waals surface area contributed by atoms with E-state index in [4.69, 9.17) is 81.2 Å². The number of carbonyl (C=O) groups is 1. The highest BCUT2D eigenvalue weighted by Crippen LogP contribution is 2.52. The lowest BCUT2D eigenvalue weighted by Gasteiger charge is -2.39. The molecule has 8 heteroatoms. The van der Waals surface area contributed by atoms with E-state index in [2.05, 4.69) is 0 Å². The summed E-state index contributed by atoms with van der Waals surface area (Å²) < 4.78 is -1.73. The minimum absolute atomic E-state index is 0.237. The Morgan fingerprint density at radius 3 is 2.07 bits per heavy atom. The Bertz CT molecular complexity index is 336. The fourth-order valence-electron chi connectivity index (χ4n) is 1.07. The summed E-state index contributed by atoms with van der Waals surface area (Å²) >= 11 is 40.5. The van der Waals surface area contributed by atoms with E-state index in [-0.39, 0.29) is 15.9 Å². The molecule has 1 aliphatic rings. The topological polar surface area (TPSA) is 17.1 Å². The molecule has 86 valence electrons. The maximum atomic E-state index is 11.7. The number of Topliss-reactive ketones (excluding diaryl/α,β-unsaturated/α-hetero) is 1. The van der Waals surface area contributed by atoms with Gasteiger partial charge in [0, 0.05) is 0 Å².